The first-order chi connectivity index (χ1) is 13.1. The van der Waals surface area contributed by atoms with Crippen LogP contribution in [-0.4, -0.2) is 10.9 Å². The monoisotopic (exact) mass is 378 g/mol. The Balaban J connectivity index is 1.44. The third kappa shape index (κ3) is 3.81. The second-order valence-corrected chi connectivity index (χ2v) is 6.54. The van der Waals surface area contributed by atoms with Crippen LogP contribution in [0.1, 0.15) is 21.5 Å². The van der Waals surface area contributed by atoms with Crippen molar-refractivity contribution in [2.24, 2.45) is 0 Å². The fraction of sp³-hybridized carbons (Fsp3) is 0.0455. The summed E-state index contributed by atoms with van der Waals surface area (Å²) < 4.78 is 11.3. The number of phenolic OH excluding ortho intramolecular Hbond substituents is 1. The first-order valence-electron chi connectivity index (χ1n) is 8.33. The molecule has 27 heavy (non-hydrogen) atoms. The first-order valence-corrected chi connectivity index (χ1v) is 8.71. The molecule has 0 bridgehead atoms. The molecule has 0 spiro atoms. The topological polar surface area (TPSA) is 55.8 Å². The molecule has 4 nitrogen and oxygen atoms in total. The number of allylic oxidation sites excluding steroid dienone is 1. The highest BCUT2D eigenvalue weighted by atomic mass is 35.5. The molecule has 0 unspecified atom stereocenters. The molecule has 0 radical (unpaired) electrons. The average Bonchev–Trinajstić information content (AvgIpc) is 2.97. The molecule has 0 fully saturated rings. The number of fused-ring (bicyclic) bond motifs is 1. The highest BCUT2D eigenvalue weighted by molar-refractivity contribution is 6.30. The summed E-state index contributed by atoms with van der Waals surface area (Å²) in [6.45, 7) is 0.442. The van der Waals surface area contributed by atoms with Gasteiger partial charge in [-0.2, -0.15) is 0 Å². The number of Topliss-reactive ketones (excluding diaryl/α,β-unsaturated/α-hetero) is 1. The van der Waals surface area contributed by atoms with Crippen molar-refractivity contribution in [2.45, 2.75) is 6.61 Å². The predicted molar refractivity (Wildman–Crippen MR) is 103 cm³/mol. The van der Waals surface area contributed by atoms with E-state index >= 15 is 0 Å². The van der Waals surface area contributed by atoms with Crippen LogP contribution in [0.3, 0.4) is 0 Å². The number of ketones is 1. The highest BCUT2D eigenvalue weighted by Gasteiger charge is 2.27. The Kier molecular flexibility index (Phi) is 4.57. The molecular weight excluding hydrogens is 364 g/mol. The molecule has 0 saturated heterocycles. The summed E-state index contributed by atoms with van der Waals surface area (Å²) in [5.74, 6) is 1.18. The second kappa shape index (κ2) is 7.17. The number of carbonyl (C=O) groups is 1. The number of rotatable bonds is 4. The summed E-state index contributed by atoms with van der Waals surface area (Å²) in [6.07, 6.45) is 1.67. The van der Waals surface area contributed by atoms with E-state index in [1.807, 2.05) is 48.5 Å². The summed E-state index contributed by atoms with van der Waals surface area (Å²) in [5, 5.41) is 10.2. The molecule has 1 heterocycles. The van der Waals surface area contributed by atoms with Crippen molar-refractivity contribution in [3.05, 3.63) is 94.2 Å². The summed E-state index contributed by atoms with van der Waals surface area (Å²) >= 11 is 5.87. The number of carbonyl (C=O) groups excluding carboxylic acids is 1. The maximum atomic E-state index is 12.4. The molecule has 0 amide bonds. The van der Waals surface area contributed by atoms with Gasteiger partial charge >= 0.3 is 0 Å². The minimum Gasteiger partial charge on any atom is -0.508 e. The minimum absolute atomic E-state index is 0.0602. The van der Waals surface area contributed by atoms with Gasteiger partial charge in [-0.1, -0.05) is 35.9 Å². The maximum absolute atomic E-state index is 12.4. The Morgan fingerprint density at radius 2 is 1.74 bits per heavy atom. The van der Waals surface area contributed by atoms with Gasteiger partial charge in [-0.15, -0.1) is 0 Å². The van der Waals surface area contributed by atoms with Gasteiger partial charge in [0.15, 0.2) is 5.76 Å². The predicted octanol–water partition coefficient (Wildman–Crippen LogP) is 5.24. The number of phenols is 1. The van der Waals surface area contributed by atoms with Crippen LogP contribution in [-0.2, 0) is 6.61 Å². The van der Waals surface area contributed by atoms with Crippen LogP contribution in [0, 0.1) is 0 Å². The van der Waals surface area contributed by atoms with Crippen LogP contribution < -0.4 is 9.47 Å². The summed E-state index contributed by atoms with van der Waals surface area (Å²) in [5.41, 5.74) is 2.28. The Hall–Kier alpha value is -3.24. The average molecular weight is 379 g/mol. The van der Waals surface area contributed by atoms with E-state index in [0.29, 0.717) is 22.9 Å². The zero-order chi connectivity index (χ0) is 18.8. The Morgan fingerprint density at radius 3 is 2.48 bits per heavy atom. The van der Waals surface area contributed by atoms with Gasteiger partial charge in [0.25, 0.3) is 0 Å². The minimum atomic E-state index is -0.201. The van der Waals surface area contributed by atoms with Gasteiger partial charge in [-0.05, 0) is 53.6 Å². The summed E-state index contributed by atoms with van der Waals surface area (Å²) in [7, 11) is 0. The zero-order valence-electron chi connectivity index (χ0n) is 14.2. The van der Waals surface area contributed by atoms with Crippen LogP contribution >= 0.6 is 11.6 Å². The van der Waals surface area contributed by atoms with Gasteiger partial charge in [-0.3, -0.25) is 4.79 Å². The van der Waals surface area contributed by atoms with Crippen molar-refractivity contribution in [3.8, 4) is 17.2 Å². The molecule has 3 aromatic rings. The summed E-state index contributed by atoms with van der Waals surface area (Å²) in [6, 6.07) is 19.3. The highest BCUT2D eigenvalue weighted by Crippen LogP contribution is 2.34. The molecular formula is C22H15ClO4. The van der Waals surface area contributed by atoms with Crippen LogP contribution in [0.15, 0.2) is 72.5 Å². The molecule has 1 aliphatic rings. The van der Waals surface area contributed by atoms with Crippen molar-refractivity contribution in [3.63, 3.8) is 0 Å². The number of hydrogen-bond donors (Lipinski definition) is 1. The van der Waals surface area contributed by atoms with E-state index in [1.54, 1.807) is 12.1 Å². The van der Waals surface area contributed by atoms with Crippen molar-refractivity contribution in [1.82, 2.24) is 0 Å². The molecule has 0 aliphatic carbocycles. The molecule has 5 heteroatoms. The van der Waals surface area contributed by atoms with Gasteiger partial charge < -0.3 is 14.6 Å². The van der Waals surface area contributed by atoms with Crippen molar-refractivity contribution >= 4 is 23.5 Å². The SMILES string of the molecule is O=C1/C(=C/c2ccc(OCc3ccc(Cl)cc3)cc2)Oc2cc(O)ccc21. The van der Waals surface area contributed by atoms with Crippen molar-refractivity contribution < 1.29 is 19.4 Å². The summed E-state index contributed by atoms with van der Waals surface area (Å²) in [4.78, 5) is 12.4. The smallest absolute Gasteiger partial charge is 0.231 e. The Morgan fingerprint density at radius 1 is 1.00 bits per heavy atom. The van der Waals surface area contributed by atoms with Crippen LogP contribution in [0.2, 0.25) is 5.02 Å². The van der Waals surface area contributed by atoms with Crippen LogP contribution in [0.25, 0.3) is 6.08 Å². The quantitative estimate of drug-likeness (QED) is 0.631. The standard InChI is InChI=1S/C22H15ClO4/c23-16-5-1-15(2-6-16)13-26-18-8-3-14(4-9-18)11-21-22(25)19-10-7-17(24)12-20(19)27-21/h1-12,24H,13H2/b21-11-. The molecule has 4 rings (SSSR count). The lowest BCUT2D eigenvalue weighted by Gasteiger charge is -2.07. The zero-order valence-corrected chi connectivity index (χ0v) is 14.9. The van der Waals surface area contributed by atoms with Gasteiger partial charge in [0, 0.05) is 11.1 Å². The normalized spacial score (nSPS) is 14.1. The fourth-order valence-corrected chi connectivity index (χ4v) is 2.86. The number of ether oxygens (including phenoxy) is 2. The maximum Gasteiger partial charge on any atom is 0.231 e. The molecule has 134 valence electrons. The molecule has 1 aliphatic heterocycles. The first kappa shape index (κ1) is 17.2. The largest absolute Gasteiger partial charge is 0.508 e. The van der Waals surface area contributed by atoms with E-state index < -0.39 is 0 Å². The number of benzene rings is 3. The lowest BCUT2D eigenvalue weighted by Crippen LogP contribution is -1.98. The van der Waals surface area contributed by atoms with Crippen LogP contribution in [0.5, 0.6) is 17.2 Å². The van der Waals surface area contributed by atoms with Gasteiger partial charge in [0.05, 0.1) is 5.56 Å². The fourth-order valence-electron chi connectivity index (χ4n) is 2.73. The van der Waals surface area contributed by atoms with E-state index in [1.165, 1.54) is 12.1 Å². The van der Waals surface area contributed by atoms with Crippen LogP contribution in [0.4, 0.5) is 0 Å². The van der Waals surface area contributed by atoms with Crippen molar-refractivity contribution in [1.29, 1.82) is 0 Å². The molecule has 3 aromatic carbocycles. The lowest BCUT2D eigenvalue weighted by molar-refractivity contribution is 0.101. The van der Waals surface area contributed by atoms with Gasteiger partial charge in [0.1, 0.15) is 23.9 Å². The van der Waals surface area contributed by atoms with E-state index in [0.717, 1.165) is 16.9 Å². The third-order valence-electron chi connectivity index (χ3n) is 4.15. The number of aromatic hydroxyl groups is 1. The second-order valence-electron chi connectivity index (χ2n) is 6.10. The third-order valence-corrected chi connectivity index (χ3v) is 4.40. The number of hydrogen-bond acceptors (Lipinski definition) is 4. The number of halogens is 1. The Labute approximate surface area is 161 Å². The van der Waals surface area contributed by atoms with E-state index in [4.69, 9.17) is 21.1 Å². The van der Waals surface area contributed by atoms with Gasteiger partial charge in [0.2, 0.25) is 5.78 Å². The van der Waals surface area contributed by atoms with E-state index in [2.05, 4.69) is 0 Å². The van der Waals surface area contributed by atoms with E-state index in [-0.39, 0.29) is 17.3 Å². The lowest BCUT2D eigenvalue weighted by atomic mass is 10.1. The Bertz CT molecular complexity index is 1020. The molecule has 1 N–H and O–H groups in total. The molecule has 0 atom stereocenters. The van der Waals surface area contributed by atoms with E-state index in [9.17, 15) is 9.90 Å². The molecule has 0 aromatic heterocycles. The van der Waals surface area contributed by atoms with Gasteiger partial charge in [-0.25, -0.2) is 0 Å². The van der Waals surface area contributed by atoms with Crippen molar-refractivity contribution in [2.75, 3.05) is 0 Å². The molecule has 0 saturated carbocycles.